The number of ketones is 2. The Morgan fingerprint density at radius 2 is 1.70 bits per heavy atom. The van der Waals surface area contributed by atoms with Gasteiger partial charge in [-0.3, -0.25) is 14.2 Å². The molecule has 0 N–H and O–H groups in total. The van der Waals surface area contributed by atoms with Crippen LogP contribution in [0, 0.1) is 13.8 Å². The van der Waals surface area contributed by atoms with E-state index in [-0.39, 0.29) is 18.2 Å². The lowest BCUT2D eigenvalue weighted by atomic mass is 10.0. The van der Waals surface area contributed by atoms with Gasteiger partial charge in [0.1, 0.15) is 5.75 Å². The number of carbonyl (C=O) groups excluding carboxylic acids is 2. The van der Waals surface area contributed by atoms with Gasteiger partial charge in [-0.2, -0.15) is 0 Å². The highest BCUT2D eigenvalue weighted by molar-refractivity contribution is 7.12. The fourth-order valence-corrected chi connectivity index (χ4v) is 4.10. The predicted molar refractivity (Wildman–Crippen MR) is 117 cm³/mol. The van der Waals surface area contributed by atoms with Crippen LogP contribution in [0.1, 0.15) is 37.7 Å². The Labute approximate surface area is 178 Å². The second kappa shape index (κ2) is 8.47. The number of aryl methyl sites for hydroxylation is 1. The Balaban J connectivity index is 1.43. The van der Waals surface area contributed by atoms with Gasteiger partial charge in [0.05, 0.1) is 0 Å². The average molecular weight is 417 g/mol. The molecule has 0 unspecified atom stereocenters. The molecule has 0 aliphatic rings. The van der Waals surface area contributed by atoms with Gasteiger partial charge in [-0.05, 0) is 44.2 Å². The summed E-state index contributed by atoms with van der Waals surface area (Å²) in [6.45, 7) is 3.79. The van der Waals surface area contributed by atoms with Crippen molar-refractivity contribution < 1.29 is 14.3 Å². The third kappa shape index (κ3) is 3.95. The molecule has 6 heteroatoms. The molecule has 4 rings (SSSR count). The Morgan fingerprint density at radius 3 is 2.37 bits per heavy atom. The Morgan fingerprint density at radius 1 is 1.00 bits per heavy atom. The summed E-state index contributed by atoms with van der Waals surface area (Å²) in [5.74, 6) is 0.393. The van der Waals surface area contributed by atoms with E-state index in [1.807, 2.05) is 48.1 Å². The summed E-state index contributed by atoms with van der Waals surface area (Å²) >= 11 is 1.52. The maximum Gasteiger partial charge on any atom is 0.202 e. The van der Waals surface area contributed by atoms with E-state index >= 15 is 0 Å². The molecule has 150 valence electrons. The summed E-state index contributed by atoms with van der Waals surface area (Å²) in [5, 5.41) is 2.74. The molecule has 0 atom stereocenters. The SMILES string of the molecule is Cc1cc(C(=O)COc2ccc(C(=O)c3ccccc3)cc2)c(C)n1-c1nccs1. The molecule has 2 aromatic carbocycles. The Bertz CT molecular complexity index is 1180. The number of Topliss-reactive ketones (excluding diaryl/α,β-unsaturated/α-hetero) is 1. The molecular formula is C24H20N2O3S. The summed E-state index contributed by atoms with van der Waals surface area (Å²) in [6.07, 6.45) is 1.75. The van der Waals surface area contributed by atoms with Crippen molar-refractivity contribution in [1.82, 2.24) is 9.55 Å². The van der Waals surface area contributed by atoms with E-state index < -0.39 is 0 Å². The quantitative estimate of drug-likeness (QED) is 0.396. The van der Waals surface area contributed by atoms with E-state index in [9.17, 15) is 9.59 Å². The molecule has 4 aromatic rings. The normalized spacial score (nSPS) is 10.7. The van der Waals surface area contributed by atoms with Crippen molar-refractivity contribution in [1.29, 1.82) is 0 Å². The number of carbonyl (C=O) groups is 2. The molecular weight excluding hydrogens is 396 g/mol. The maximum atomic E-state index is 12.7. The summed E-state index contributed by atoms with van der Waals surface area (Å²) in [4.78, 5) is 29.5. The van der Waals surface area contributed by atoms with E-state index in [4.69, 9.17) is 4.74 Å². The van der Waals surface area contributed by atoms with E-state index in [0.29, 0.717) is 22.4 Å². The fourth-order valence-electron chi connectivity index (χ4n) is 3.35. The molecule has 2 heterocycles. The first-order chi connectivity index (χ1) is 14.5. The van der Waals surface area contributed by atoms with E-state index in [1.54, 1.807) is 42.6 Å². The molecule has 0 aliphatic carbocycles. The van der Waals surface area contributed by atoms with Crippen molar-refractivity contribution in [3.05, 3.63) is 100 Å². The number of ether oxygens (including phenoxy) is 1. The second-order valence-corrected chi connectivity index (χ2v) is 7.74. The fraction of sp³-hybridized carbons (Fsp3) is 0.125. The minimum absolute atomic E-state index is 0.0483. The lowest BCUT2D eigenvalue weighted by Gasteiger charge is -2.08. The van der Waals surface area contributed by atoms with Gasteiger partial charge in [0, 0.05) is 39.7 Å². The van der Waals surface area contributed by atoms with Crippen LogP contribution < -0.4 is 4.74 Å². The number of hydrogen-bond acceptors (Lipinski definition) is 5. The smallest absolute Gasteiger partial charge is 0.202 e. The van der Waals surface area contributed by atoms with Crippen LogP contribution in [0.15, 0.2) is 72.2 Å². The number of aromatic nitrogens is 2. The van der Waals surface area contributed by atoms with Crippen molar-refractivity contribution in [2.45, 2.75) is 13.8 Å². The molecule has 2 aromatic heterocycles. The summed E-state index contributed by atoms with van der Waals surface area (Å²) in [7, 11) is 0. The molecule has 30 heavy (non-hydrogen) atoms. The molecule has 0 bridgehead atoms. The van der Waals surface area contributed by atoms with Crippen LogP contribution in [-0.2, 0) is 0 Å². The van der Waals surface area contributed by atoms with Crippen molar-refractivity contribution in [2.75, 3.05) is 6.61 Å². The molecule has 0 spiro atoms. The van der Waals surface area contributed by atoms with Gasteiger partial charge in [0.2, 0.25) is 5.78 Å². The monoisotopic (exact) mass is 416 g/mol. The van der Waals surface area contributed by atoms with Gasteiger partial charge in [0.25, 0.3) is 0 Å². The zero-order valence-corrected chi connectivity index (χ0v) is 17.5. The van der Waals surface area contributed by atoms with Crippen LogP contribution in [0.25, 0.3) is 5.13 Å². The molecule has 0 saturated heterocycles. The van der Waals surface area contributed by atoms with Gasteiger partial charge in [0.15, 0.2) is 17.5 Å². The first-order valence-electron chi connectivity index (χ1n) is 9.49. The van der Waals surface area contributed by atoms with Gasteiger partial charge in [-0.15, -0.1) is 11.3 Å². The van der Waals surface area contributed by atoms with E-state index in [2.05, 4.69) is 4.98 Å². The molecule has 0 aliphatic heterocycles. The summed E-state index contributed by atoms with van der Waals surface area (Å²) in [6, 6.07) is 17.8. The van der Waals surface area contributed by atoms with Crippen molar-refractivity contribution in [3.63, 3.8) is 0 Å². The van der Waals surface area contributed by atoms with Crippen LogP contribution in [0.2, 0.25) is 0 Å². The first kappa shape index (κ1) is 19.8. The molecule has 0 saturated carbocycles. The maximum absolute atomic E-state index is 12.7. The third-order valence-corrected chi connectivity index (χ3v) is 5.62. The van der Waals surface area contributed by atoms with Crippen LogP contribution in [0.5, 0.6) is 5.75 Å². The molecule has 0 amide bonds. The van der Waals surface area contributed by atoms with E-state index in [1.165, 1.54) is 11.3 Å². The lowest BCUT2D eigenvalue weighted by molar-refractivity contribution is 0.0920. The summed E-state index contributed by atoms with van der Waals surface area (Å²) in [5.41, 5.74) is 3.64. The minimum atomic E-state index is -0.102. The second-order valence-electron chi connectivity index (χ2n) is 6.87. The van der Waals surface area contributed by atoms with Crippen LogP contribution in [0.3, 0.4) is 0 Å². The highest BCUT2D eigenvalue weighted by atomic mass is 32.1. The molecule has 5 nitrogen and oxygen atoms in total. The van der Waals surface area contributed by atoms with Gasteiger partial charge < -0.3 is 4.74 Å². The van der Waals surface area contributed by atoms with Crippen molar-refractivity contribution in [2.24, 2.45) is 0 Å². The number of hydrogen-bond donors (Lipinski definition) is 0. The van der Waals surface area contributed by atoms with Crippen molar-refractivity contribution in [3.8, 4) is 10.9 Å². The van der Waals surface area contributed by atoms with Gasteiger partial charge >= 0.3 is 0 Å². The third-order valence-electron chi connectivity index (χ3n) is 4.86. The number of nitrogens with zero attached hydrogens (tertiary/aromatic N) is 2. The predicted octanol–water partition coefficient (Wildman–Crippen LogP) is 5.04. The van der Waals surface area contributed by atoms with Crippen molar-refractivity contribution >= 4 is 22.9 Å². The zero-order chi connectivity index (χ0) is 21.1. The standard InChI is InChI=1S/C24H20N2O3S/c1-16-14-21(17(2)26(16)24-25-12-13-30-24)22(27)15-29-20-10-8-19(9-11-20)23(28)18-6-4-3-5-7-18/h3-14H,15H2,1-2H3. The number of thiazole rings is 1. The van der Waals surface area contributed by atoms with Gasteiger partial charge in [-0.25, -0.2) is 4.98 Å². The lowest BCUT2D eigenvalue weighted by Crippen LogP contribution is -2.13. The highest BCUT2D eigenvalue weighted by Gasteiger charge is 2.18. The van der Waals surface area contributed by atoms with Crippen LogP contribution in [0.4, 0.5) is 0 Å². The summed E-state index contributed by atoms with van der Waals surface area (Å²) < 4.78 is 7.65. The minimum Gasteiger partial charge on any atom is -0.485 e. The van der Waals surface area contributed by atoms with Crippen LogP contribution in [-0.4, -0.2) is 27.7 Å². The van der Waals surface area contributed by atoms with E-state index in [0.717, 1.165) is 16.5 Å². The van der Waals surface area contributed by atoms with Crippen LogP contribution >= 0.6 is 11.3 Å². The number of rotatable bonds is 7. The Hall–Kier alpha value is -3.51. The average Bonchev–Trinajstić information content (AvgIpc) is 3.40. The molecule has 0 fully saturated rings. The number of benzene rings is 2. The zero-order valence-electron chi connectivity index (χ0n) is 16.7. The largest absolute Gasteiger partial charge is 0.485 e. The Kier molecular flexibility index (Phi) is 5.59. The highest BCUT2D eigenvalue weighted by Crippen LogP contribution is 2.23. The molecule has 0 radical (unpaired) electrons. The van der Waals surface area contributed by atoms with Gasteiger partial charge in [-0.1, -0.05) is 30.3 Å². The first-order valence-corrected chi connectivity index (χ1v) is 10.4. The topological polar surface area (TPSA) is 61.2 Å².